The predicted molar refractivity (Wildman–Crippen MR) is 102 cm³/mol. The molecule has 3 rings (SSSR count). The van der Waals surface area contributed by atoms with E-state index in [1.165, 1.54) is 0 Å². The van der Waals surface area contributed by atoms with E-state index >= 15 is 0 Å². The number of hydrogen-bond acceptors (Lipinski definition) is 5. The van der Waals surface area contributed by atoms with Crippen LogP contribution in [-0.4, -0.2) is 33.7 Å². The summed E-state index contributed by atoms with van der Waals surface area (Å²) in [7, 11) is 2.80. The Labute approximate surface area is 171 Å². The van der Waals surface area contributed by atoms with Gasteiger partial charge in [-0.25, -0.2) is 10.9 Å². The van der Waals surface area contributed by atoms with Crippen molar-refractivity contribution in [2.45, 2.75) is 39.3 Å². The van der Waals surface area contributed by atoms with Gasteiger partial charge in [0, 0.05) is 23.9 Å². The molecule has 0 unspecified atom stereocenters. The minimum atomic E-state index is -4.74. The summed E-state index contributed by atoms with van der Waals surface area (Å²) >= 11 is 0. The fourth-order valence-electron chi connectivity index (χ4n) is 3.67. The molecule has 0 aliphatic heterocycles. The Morgan fingerprint density at radius 1 is 1.27 bits per heavy atom. The van der Waals surface area contributed by atoms with Gasteiger partial charge in [-0.2, -0.15) is 18.3 Å². The number of carbonyl (C=O) groups excluding carboxylic acids is 2. The van der Waals surface area contributed by atoms with Crippen molar-refractivity contribution in [3.05, 3.63) is 46.3 Å². The van der Waals surface area contributed by atoms with E-state index in [2.05, 4.69) is 18.9 Å². The zero-order valence-corrected chi connectivity index (χ0v) is 17.1. The normalized spacial score (nSPS) is 15.5. The van der Waals surface area contributed by atoms with E-state index in [9.17, 15) is 22.8 Å². The van der Waals surface area contributed by atoms with Crippen LogP contribution in [0.1, 0.15) is 57.9 Å². The lowest BCUT2D eigenvalue weighted by Gasteiger charge is -2.29. The molecule has 2 amide bonds. The first kappa shape index (κ1) is 21.8. The third-order valence-electron chi connectivity index (χ3n) is 5.36. The number of hydrogen-bond donors (Lipinski definition) is 1. The summed E-state index contributed by atoms with van der Waals surface area (Å²) in [5.74, 6) is 3.36. The highest BCUT2D eigenvalue weighted by Gasteiger charge is 2.37. The van der Waals surface area contributed by atoms with Gasteiger partial charge in [0.15, 0.2) is 5.69 Å². The smallest absolute Gasteiger partial charge is 0.419 e. The number of rotatable bonds is 3. The molecule has 0 radical (unpaired) electrons. The molecule has 0 saturated carbocycles. The fourth-order valence-corrected chi connectivity index (χ4v) is 3.67. The van der Waals surface area contributed by atoms with Crippen molar-refractivity contribution in [1.29, 1.82) is 0 Å². The molecule has 162 valence electrons. The van der Waals surface area contributed by atoms with Crippen LogP contribution in [0, 0.1) is 5.41 Å². The van der Waals surface area contributed by atoms with Gasteiger partial charge in [-0.05, 0) is 42.9 Å². The Balaban J connectivity index is 1.92. The van der Waals surface area contributed by atoms with E-state index in [4.69, 9.17) is 10.6 Å². The van der Waals surface area contributed by atoms with Crippen molar-refractivity contribution in [3.8, 4) is 5.75 Å². The van der Waals surface area contributed by atoms with E-state index in [1.807, 2.05) is 0 Å². The molecule has 0 spiro atoms. The number of benzene rings is 1. The van der Waals surface area contributed by atoms with Gasteiger partial charge in [-0.15, -0.1) is 0 Å². The minimum Gasteiger partial charge on any atom is -0.496 e. The zero-order chi connectivity index (χ0) is 22.4. The molecule has 1 aromatic carbocycles. The lowest BCUT2D eigenvalue weighted by molar-refractivity contribution is -0.138. The Morgan fingerprint density at radius 2 is 1.93 bits per heavy atom. The number of halogens is 3. The number of alkyl halides is 3. The molecule has 0 bridgehead atoms. The standard InChI is InChI=1S/C20H23F3N4O3/c1-19(2)8-7-12-14(10-19)26(3)25-16(12)18(29)27(24)17(28)11-5-6-15(30-4)13(9-11)20(21,22)23/h5-6,9H,7-8,10,24H2,1-4H3. The maximum Gasteiger partial charge on any atom is 0.419 e. The highest BCUT2D eigenvalue weighted by molar-refractivity contribution is 6.09. The van der Waals surface area contributed by atoms with Gasteiger partial charge in [0.2, 0.25) is 0 Å². The van der Waals surface area contributed by atoms with E-state index in [1.54, 1.807) is 11.7 Å². The van der Waals surface area contributed by atoms with Crippen molar-refractivity contribution < 1.29 is 27.5 Å². The van der Waals surface area contributed by atoms with Crippen LogP contribution < -0.4 is 10.6 Å². The molecule has 1 aromatic heterocycles. The first-order valence-corrected chi connectivity index (χ1v) is 9.29. The van der Waals surface area contributed by atoms with Crippen LogP contribution in [0.2, 0.25) is 0 Å². The second kappa shape index (κ2) is 7.42. The number of hydrazine groups is 1. The monoisotopic (exact) mass is 424 g/mol. The number of aryl methyl sites for hydroxylation is 1. The number of nitrogens with two attached hydrogens (primary N) is 1. The van der Waals surface area contributed by atoms with Crippen molar-refractivity contribution in [3.63, 3.8) is 0 Å². The third-order valence-corrected chi connectivity index (χ3v) is 5.36. The molecule has 7 nitrogen and oxygen atoms in total. The van der Waals surface area contributed by atoms with Crippen molar-refractivity contribution in [1.82, 2.24) is 14.8 Å². The first-order chi connectivity index (χ1) is 13.9. The van der Waals surface area contributed by atoms with Crippen LogP contribution in [0.25, 0.3) is 0 Å². The third kappa shape index (κ3) is 3.91. The molecule has 0 fully saturated rings. The summed E-state index contributed by atoms with van der Waals surface area (Å²) in [6.45, 7) is 4.23. The van der Waals surface area contributed by atoms with E-state index in [0.717, 1.165) is 36.9 Å². The average Bonchev–Trinajstić information content (AvgIpc) is 2.99. The molecule has 2 aromatic rings. The zero-order valence-electron chi connectivity index (χ0n) is 17.1. The maximum absolute atomic E-state index is 13.2. The van der Waals surface area contributed by atoms with Crippen LogP contribution in [0.5, 0.6) is 5.75 Å². The van der Waals surface area contributed by atoms with Gasteiger partial charge < -0.3 is 4.74 Å². The molecular formula is C20H23F3N4O3. The summed E-state index contributed by atoms with van der Waals surface area (Å²) < 4.78 is 46.0. The fraction of sp³-hybridized carbons (Fsp3) is 0.450. The van der Waals surface area contributed by atoms with E-state index in [-0.39, 0.29) is 16.7 Å². The molecule has 10 heteroatoms. The maximum atomic E-state index is 13.2. The molecule has 30 heavy (non-hydrogen) atoms. The van der Waals surface area contributed by atoms with Crippen LogP contribution in [-0.2, 0) is 26.1 Å². The second-order valence-corrected chi connectivity index (χ2v) is 8.13. The minimum absolute atomic E-state index is 0.0448. The van der Waals surface area contributed by atoms with Crippen LogP contribution in [0.4, 0.5) is 13.2 Å². The number of aromatic nitrogens is 2. The highest BCUT2D eigenvalue weighted by atomic mass is 19.4. The predicted octanol–water partition coefficient (Wildman–Crippen LogP) is 3.12. The number of carbonyl (C=O) groups is 2. The summed E-state index contributed by atoms with van der Waals surface area (Å²) in [5, 5.41) is 4.54. The topological polar surface area (TPSA) is 90.4 Å². The molecule has 1 aliphatic carbocycles. The Bertz CT molecular complexity index is 1010. The van der Waals surface area contributed by atoms with E-state index < -0.39 is 29.3 Å². The van der Waals surface area contributed by atoms with Gasteiger partial charge in [0.25, 0.3) is 11.8 Å². The Morgan fingerprint density at radius 3 is 2.53 bits per heavy atom. The lowest BCUT2D eigenvalue weighted by atomic mass is 9.76. The largest absolute Gasteiger partial charge is 0.496 e. The number of fused-ring (bicyclic) bond motifs is 1. The van der Waals surface area contributed by atoms with E-state index in [0.29, 0.717) is 23.9 Å². The highest BCUT2D eigenvalue weighted by Crippen LogP contribution is 2.38. The number of imide groups is 1. The first-order valence-electron chi connectivity index (χ1n) is 9.29. The summed E-state index contributed by atoms with van der Waals surface area (Å²) in [4.78, 5) is 25.5. The van der Waals surface area contributed by atoms with Crippen LogP contribution >= 0.6 is 0 Å². The van der Waals surface area contributed by atoms with Gasteiger partial charge >= 0.3 is 6.18 Å². The molecule has 1 heterocycles. The molecule has 0 atom stereocenters. The number of ether oxygens (including phenoxy) is 1. The number of nitrogens with zero attached hydrogens (tertiary/aromatic N) is 3. The van der Waals surface area contributed by atoms with Crippen molar-refractivity contribution in [2.75, 3.05) is 7.11 Å². The van der Waals surface area contributed by atoms with Crippen molar-refractivity contribution in [2.24, 2.45) is 18.3 Å². The average molecular weight is 424 g/mol. The lowest BCUT2D eigenvalue weighted by Crippen LogP contribution is -2.43. The van der Waals surface area contributed by atoms with Gasteiger partial charge in [0.1, 0.15) is 5.75 Å². The van der Waals surface area contributed by atoms with Gasteiger partial charge in [0.05, 0.1) is 12.7 Å². The molecule has 0 saturated heterocycles. The number of methoxy groups -OCH3 is 1. The van der Waals surface area contributed by atoms with Gasteiger partial charge in [-0.1, -0.05) is 13.8 Å². The Hall–Kier alpha value is -2.88. The van der Waals surface area contributed by atoms with Crippen LogP contribution in [0.3, 0.4) is 0 Å². The van der Waals surface area contributed by atoms with Gasteiger partial charge in [-0.3, -0.25) is 14.3 Å². The molecule has 1 aliphatic rings. The SMILES string of the molecule is COc1ccc(C(=O)N(N)C(=O)c2nn(C)c3c2CCC(C)(C)C3)cc1C(F)(F)F. The second-order valence-electron chi connectivity index (χ2n) is 8.13. The summed E-state index contributed by atoms with van der Waals surface area (Å²) in [5.41, 5.74) is 0.189. The van der Waals surface area contributed by atoms with Crippen molar-refractivity contribution >= 4 is 11.8 Å². The molecule has 2 N–H and O–H groups in total. The van der Waals surface area contributed by atoms with Crippen LogP contribution in [0.15, 0.2) is 18.2 Å². The summed E-state index contributed by atoms with van der Waals surface area (Å²) in [6, 6.07) is 2.75. The Kier molecular flexibility index (Phi) is 5.40. The number of amides is 2. The molecular weight excluding hydrogens is 401 g/mol. The quantitative estimate of drug-likeness (QED) is 0.354. The summed E-state index contributed by atoms with van der Waals surface area (Å²) in [6.07, 6.45) is -2.60.